The predicted octanol–water partition coefficient (Wildman–Crippen LogP) is 3.73. The maximum absolute atomic E-state index is 13.3. The molecule has 0 radical (unpaired) electrons. The minimum absolute atomic E-state index is 0.0976. The Balaban J connectivity index is 1.71. The highest BCUT2D eigenvalue weighted by molar-refractivity contribution is 6.37. The number of anilines is 1. The molecule has 1 aromatic carbocycles. The Labute approximate surface area is 161 Å². The first kappa shape index (κ1) is 18.4. The lowest BCUT2D eigenvalue weighted by Gasteiger charge is -2.18. The first-order valence-electron chi connectivity index (χ1n) is 8.08. The molecule has 3 heterocycles. The fourth-order valence-corrected chi connectivity index (χ4v) is 3.02. The molecule has 0 fully saturated rings. The molecule has 2 aromatic heterocycles. The van der Waals surface area contributed by atoms with E-state index in [1.165, 1.54) is 6.92 Å². The molecule has 0 unspecified atom stereocenters. The van der Waals surface area contributed by atoms with E-state index in [1.807, 2.05) is 0 Å². The molecule has 4 rings (SSSR count). The van der Waals surface area contributed by atoms with Gasteiger partial charge in [0.2, 0.25) is 0 Å². The number of nitrogens with one attached hydrogen (secondary N) is 1. The van der Waals surface area contributed by atoms with E-state index in [2.05, 4.69) is 15.4 Å². The standard InChI is InChI=1S/C17H12ClF3N4O3/c1-8-6-12(17(19,20)21)25-15(22-8)13(18)14(24-25)16(26)23-9-2-3-10-11(7-9)28-5-4-27-10/h2-3,6-7H,4-5H2,1H3,(H,23,26). The molecule has 1 N–H and O–H groups in total. The second-order valence-electron chi connectivity index (χ2n) is 5.99. The molecule has 0 saturated heterocycles. The number of amides is 1. The summed E-state index contributed by atoms with van der Waals surface area (Å²) < 4.78 is 51.2. The summed E-state index contributed by atoms with van der Waals surface area (Å²) in [5.74, 6) is 0.198. The lowest BCUT2D eigenvalue weighted by molar-refractivity contribution is -0.142. The van der Waals surface area contributed by atoms with Crippen LogP contribution in [-0.4, -0.2) is 33.7 Å². The van der Waals surface area contributed by atoms with Gasteiger partial charge < -0.3 is 14.8 Å². The van der Waals surface area contributed by atoms with Gasteiger partial charge in [-0.1, -0.05) is 11.6 Å². The number of aromatic nitrogens is 3. The van der Waals surface area contributed by atoms with Gasteiger partial charge in [-0.2, -0.15) is 18.3 Å². The Hall–Kier alpha value is -3.01. The number of hydrogen-bond acceptors (Lipinski definition) is 5. The monoisotopic (exact) mass is 412 g/mol. The van der Waals surface area contributed by atoms with Crippen LogP contribution in [0.25, 0.3) is 5.65 Å². The number of hydrogen-bond donors (Lipinski definition) is 1. The first-order chi connectivity index (χ1) is 13.2. The van der Waals surface area contributed by atoms with Crippen molar-refractivity contribution >= 4 is 28.8 Å². The van der Waals surface area contributed by atoms with Crippen molar-refractivity contribution in [2.45, 2.75) is 13.1 Å². The Morgan fingerprint density at radius 2 is 1.93 bits per heavy atom. The molecule has 146 valence electrons. The van der Waals surface area contributed by atoms with Gasteiger partial charge in [-0.05, 0) is 25.1 Å². The Morgan fingerprint density at radius 1 is 1.21 bits per heavy atom. The van der Waals surface area contributed by atoms with Crippen LogP contribution in [0.15, 0.2) is 24.3 Å². The van der Waals surface area contributed by atoms with E-state index in [0.29, 0.717) is 34.9 Å². The number of benzene rings is 1. The van der Waals surface area contributed by atoms with Crippen LogP contribution in [0.5, 0.6) is 11.5 Å². The van der Waals surface area contributed by atoms with Crippen molar-refractivity contribution in [3.05, 3.63) is 46.4 Å². The van der Waals surface area contributed by atoms with Gasteiger partial charge in [-0.15, -0.1) is 0 Å². The van der Waals surface area contributed by atoms with Gasteiger partial charge >= 0.3 is 6.18 Å². The minimum Gasteiger partial charge on any atom is -0.486 e. The smallest absolute Gasteiger partial charge is 0.433 e. The van der Waals surface area contributed by atoms with Crippen molar-refractivity contribution in [1.29, 1.82) is 0 Å². The quantitative estimate of drug-likeness (QED) is 0.694. The van der Waals surface area contributed by atoms with Crippen LogP contribution in [-0.2, 0) is 6.18 Å². The Morgan fingerprint density at radius 3 is 2.64 bits per heavy atom. The van der Waals surface area contributed by atoms with Crippen molar-refractivity contribution in [1.82, 2.24) is 14.6 Å². The molecule has 7 nitrogen and oxygen atoms in total. The summed E-state index contributed by atoms with van der Waals surface area (Å²) >= 11 is 6.11. The molecule has 0 aliphatic carbocycles. The summed E-state index contributed by atoms with van der Waals surface area (Å²) in [6, 6.07) is 5.55. The van der Waals surface area contributed by atoms with E-state index < -0.39 is 17.8 Å². The second-order valence-corrected chi connectivity index (χ2v) is 6.37. The van der Waals surface area contributed by atoms with Gasteiger partial charge in [0.05, 0.1) is 0 Å². The summed E-state index contributed by atoms with van der Waals surface area (Å²) in [5, 5.41) is 6.00. The number of fused-ring (bicyclic) bond motifs is 2. The number of nitrogens with zero attached hydrogens (tertiary/aromatic N) is 3. The highest BCUT2D eigenvalue weighted by Gasteiger charge is 2.36. The third kappa shape index (κ3) is 3.19. The molecule has 1 aliphatic heterocycles. The van der Waals surface area contributed by atoms with Crippen LogP contribution in [0.2, 0.25) is 5.02 Å². The average molecular weight is 413 g/mol. The Bertz CT molecular complexity index is 1100. The van der Waals surface area contributed by atoms with E-state index in [9.17, 15) is 18.0 Å². The van der Waals surface area contributed by atoms with E-state index in [4.69, 9.17) is 21.1 Å². The van der Waals surface area contributed by atoms with Crippen molar-refractivity contribution in [2.24, 2.45) is 0 Å². The molecule has 0 saturated carbocycles. The lowest BCUT2D eigenvalue weighted by atomic mass is 10.2. The van der Waals surface area contributed by atoms with E-state index in [-0.39, 0.29) is 22.1 Å². The number of alkyl halides is 3. The van der Waals surface area contributed by atoms with Crippen LogP contribution in [0.4, 0.5) is 18.9 Å². The predicted molar refractivity (Wildman–Crippen MR) is 93.1 cm³/mol. The van der Waals surface area contributed by atoms with Crippen molar-refractivity contribution in [3.8, 4) is 11.5 Å². The van der Waals surface area contributed by atoms with Gasteiger partial charge in [0.15, 0.2) is 22.8 Å². The molecule has 3 aromatic rings. The molecule has 11 heteroatoms. The summed E-state index contributed by atoms with van der Waals surface area (Å²) in [7, 11) is 0. The van der Waals surface area contributed by atoms with Crippen LogP contribution in [0, 0.1) is 6.92 Å². The van der Waals surface area contributed by atoms with Crippen LogP contribution in [0.1, 0.15) is 21.9 Å². The maximum Gasteiger partial charge on any atom is 0.433 e. The zero-order chi connectivity index (χ0) is 20.1. The topological polar surface area (TPSA) is 77.8 Å². The normalized spacial score (nSPS) is 13.6. The molecule has 28 heavy (non-hydrogen) atoms. The van der Waals surface area contributed by atoms with Crippen LogP contribution >= 0.6 is 11.6 Å². The van der Waals surface area contributed by atoms with Crippen molar-refractivity contribution < 1.29 is 27.4 Å². The van der Waals surface area contributed by atoms with Gasteiger partial charge in [0.1, 0.15) is 23.9 Å². The molecular weight excluding hydrogens is 401 g/mol. The molecule has 1 amide bonds. The molecule has 0 atom stereocenters. The molecule has 1 aliphatic rings. The summed E-state index contributed by atoms with van der Waals surface area (Å²) in [6.07, 6.45) is -4.69. The Kier molecular flexibility index (Phi) is 4.30. The van der Waals surface area contributed by atoms with Gasteiger partial charge in [-0.25, -0.2) is 9.50 Å². The summed E-state index contributed by atoms with van der Waals surface area (Å²) in [4.78, 5) is 16.5. The van der Waals surface area contributed by atoms with E-state index in [1.54, 1.807) is 18.2 Å². The number of halogens is 4. The third-order valence-electron chi connectivity index (χ3n) is 3.97. The van der Waals surface area contributed by atoms with Crippen LogP contribution < -0.4 is 14.8 Å². The number of carbonyl (C=O) groups excluding carboxylic acids is 1. The van der Waals surface area contributed by atoms with Gasteiger partial charge in [0, 0.05) is 17.4 Å². The largest absolute Gasteiger partial charge is 0.486 e. The highest BCUT2D eigenvalue weighted by Crippen LogP contribution is 2.34. The first-order valence-corrected chi connectivity index (χ1v) is 8.46. The number of ether oxygens (including phenoxy) is 2. The average Bonchev–Trinajstić information content (AvgIpc) is 2.97. The number of rotatable bonds is 2. The maximum atomic E-state index is 13.3. The fourth-order valence-electron chi connectivity index (χ4n) is 2.77. The van der Waals surface area contributed by atoms with E-state index in [0.717, 1.165) is 6.07 Å². The minimum atomic E-state index is -4.69. The third-order valence-corrected chi connectivity index (χ3v) is 4.31. The summed E-state index contributed by atoms with van der Waals surface area (Å²) in [6.45, 7) is 2.19. The van der Waals surface area contributed by atoms with E-state index >= 15 is 0 Å². The highest BCUT2D eigenvalue weighted by atomic mass is 35.5. The zero-order valence-electron chi connectivity index (χ0n) is 14.3. The SMILES string of the molecule is Cc1cc(C(F)(F)F)n2nc(C(=O)Nc3ccc4c(c3)OCCO4)c(Cl)c2n1. The molecular formula is C17H12ClF3N4O3. The second kappa shape index (κ2) is 6.55. The van der Waals surface area contributed by atoms with Crippen LogP contribution in [0.3, 0.4) is 0 Å². The fraction of sp³-hybridized carbons (Fsp3) is 0.235. The zero-order valence-corrected chi connectivity index (χ0v) is 15.1. The molecule has 0 bridgehead atoms. The van der Waals surface area contributed by atoms with Gasteiger partial charge in [0.25, 0.3) is 5.91 Å². The molecule has 0 spiro atoms. The number of carbonyl (C=O) groups is 1. The van der Waals surface area contributed by atoms with Crippen molar-refractivity contribution in [2.75, 3.05) is 18.5 Å². The summed E-state index contributed by atoms with van der Waals surface area (Å²) in [5.41, 5.74) is -1.25. The van der Waals surface area contributed by atoms with Gasteiger partial charge in [-0.3, -0.25) is 4.79 Å². The number of aryl methyl sites for hydroxylation is 1. The lowest BCUT2D eigenvalue weighted by Crippen LogP contribution is -2.17. The van der Waals surface area contributed by atoms with Crippen molar-refractivity contribution in [3.63, 3.8) is 0 Å².